The number of nitrogens with one attached hydrogen (secondary N) is 2. The van der Waals surface area contributed by atoms with Crippen molar-refractivity contribution >= 4 is 17.8 Å². The van der Waals surface area contributed by atoms with Gasteiger partial charge in [0, 0.05) is 18.0 Å². The van der Waals surface area contributed by atoms with Crippen molar-refractivity contribution < 1.29 is 45.5 Å². The first kappa shape index (κ1) is 35.7. The predicted octanol–water partition coefficient (Wildman–Crippen LogP) is 8.24. The molecule has 6 rings (SSSR count). The highest BCUT2D eigenvalue weighted by molar-refractivity contribution is 6.01. The van der Waals surface area contributed by atoms with E-state index in [1.54, 1.807) is 60.7 Å². The van der Waals surface area contributed by atoms with E-state index in [1.807, 2.05) is 12.1 Å². The summed E-state index contributed by atoms with van der Waals surface area (Å²) in [6.07, 6.45) is -7.40. The van der Waals surface area contributed by atoms with Gasteiger partial charge in [0.05, 0.1) is 18.1 Å². The summed E-state index contributed by atoms with van der Waals surface area (Å²) >= 11 is 0. The lowest BCUT2D eigenvalue weighted by Crippen LogP contribution is -2.47. The van der Waals surface area contributed by atoms with Crippen LogP contribution in [-0.2, 0) is 25.9 Å². The molecule has 2 N–H and O–H groups in total. The maximum atomic E-state index is 13.7. The minimum Gasteiger partial charge on any atom is -0.465 e. The third kappa shape index (κ3) is 7.50. The average molecular weight is 709 g/mol. The van der Waals surface area contributed by atoms with Gasteiger partial charge < -0.3 is 15.4 Å². The maximum Gasteiger partial charge on any atom is 0.416 e. The van der Waals surface area contributed by atoms with Gasteiger partial charge in [-0.05, 0) is 77.3 Å². The summed E-state index contributed by atoms with van der Waals surface area (Å²) in [4.78, 5) is 40.2. The van der Waals surface area contributed by atoms with Crippen LogP contribution in [0, 0.1) is 5.92 Å². The van der Waals surface area contributed by atoms with E-state index in [0.29, 0.717) is 53.5 Å². The number of carbonyl (C=O) groups is 3. The first-order valence-corrected chi connectivity index (χ1v) is 16.6. The lowest BCUT2D eigenvalue weighted by Gasteiger charge is -2.31. The van der Waals surface area contributed by atoms with E-state index in [2.05, 4.69) is 10.6 Å². The minimum atomic E-state index is -4.62. The van der Waals surface area contributed by atoms with Crippen molar-refractivity contribution in [2.24, 2.45) is 5.92 Å². The number of hydrogen-bond acceptors (Lipinski definition) is 4. The molecule has 6 nitrogen and oxygen atoms in total. The van der Waals surface area contributed by atoms with Crippen molar-refractivity contribution in [3.05, 3.63) is 119 Å². The van der Waals surface area contributed by atoms with E-state index in [1.165, 1.54) is 12.1 Å². The molecule has 0 saturated heterocycles. The third-order valence-electron chi connectivity index (χ3n) is 9.71. The Morgan fingerprint density at radius 2 is 1.25 bits per heavy atom. The van der Waals surface area contributed by atoms with Crippen molar-refractivity contribution in [2.75, 3.05) is 13.2 Å². The zero-order valence-electron chi connectivity index (χ0n) is 27.2. The Morgan fingerprint density at radius 1 is 0.706 bits per heavy atom. The highest BCUT2D eigenvalue weighted by Crippen LogP contribution is 2.51. The number of rotatable bonds is 9. The number of ether oxygens (including phenoxy) is 1. The van der Waals surface area contributed by atoms with Crippen LogP contribution in [0.1, 0.15) is 59.2 Å². The maximum absolute atomic E-state index is 13.7. The number of benzene rings is 4. The molecule has 4 aromatic carbocycles. The van der Waals surface area contributed by atoms with Gasteiger partial charge in [-0.2, -0.15) is 26.3 Å². The molecule has 51 heavy (non-hydrogen) atoms. The fraction of sp³-hybridized carbons (Fsp3) is 0.308. The number of amides is 2. The largest absolute Gasteiger partial charge is 0.465 e. The van der Waals surface area contributed by atoms with Gasteiger partial charge >= 0.3 is 18.3 Å². The number of halogens is 6. The monoisotopic (exact) mass is 708 g/mol. The molecule has 2 aliphatic rings. The molecule has 0 bridgehead atoms. The summed E-state index contributed by atoms with van der Waals surface area (Å²) in [5.41, 5.74) is 1.49. The Bertz CT molecular complexity index is 1870. The van der Waals surface area contributed by atoms with Crippen LogP contribution in [0.4, 0.5) is 26.3 Å². The molecular formula is C39H34F6N2O4. The van der Waals surface area contributed by atoms with Gasteiger partial charge in [-0.15, -0.1) is 0 Å². The summed E-state index contributed by atoms with van der Waals surface area (Å²) in [6.45, 7) is -1.71. The van der Waals surface area contributed by atoms with Crippen LogP contribution in [-0.4, -0.2) is 43.2 Å². The number of hydrogen-bond donors (Lipinski definition) is 2. The highest BCUT2D eigenvalue weighted by Gasteiger charge is 2.49. The lowest BCUT2D eigenvalue weighted by atomic mass is 9.74. The van der Waals surface area contributed by atoms with E-state index in [4.69, 9.17) is 4.74 Å². The summed E-state index contributed by atoms with van der Waals surface area (Å²) in [5, 5.41) is 5.05. The van der Waals surface area contributed by atoms with Crippen LogP contribution < -0.4 is 10.6 Å². The second kappa shape index (κ2) is 14.2. The van der Waals surface area contributed by atoms with Crippen LogP contribution in [0.5, 0.6) is 0 Å². The molecule has 0 aromatic heterocycles. The summed E-state index contributed by atoms with van der Waals surface area (Å²) in [6, 6.07) is 25.0. The Balaban J connectivity index is 1.08. The fourth-order valence-corrected chi connectivity index (χ4v) is 7.22. The van der Waals surface area contributed by atoms with Gasteiger partial charge in [-0.25, -0.2) is 0 Å². The Morgan fingerprint density at radius 3 is 1.82 bits per heavy atom. The molecule has 2 aliphatic carbocycles. The second-order valence-corrected chi connectivity index (χ2v) is 12.9. The fourth-order valence-electron chi connectivity index (χ4n) is 7.22. The van der Waals surface area contributed by atoms with Crippen LogP contribution >= 0.6 is 0 Å². The van der Waals surface area contributed by atoms with E-state index >= 15 is 0 Å². The molecule has 0 atom stereocenters. The molecule has 266 valence electrons. The molecule has 1 fully saturated rings. The number of esters is 1. The van der Waals surface area contributed by atoms with E-state index < -0.39 is 47.7 Å². The van der Waals surface area contributed by atoms with E-state index in [0.717, 1.165) is 23.3 Å². The van der Waals surface area contributed by atoms with Crippen LogP contribution in [0.15, 0.2) is 97.1 Å². The van der Waals surface area contributed by atoms with Crippen LogP contribution in [0.3, 0.4) is 0 Å². The van der Waals surface area contributed by atoms with Crippen molar-refractivity contribution in [1.82, 2.24) is 10.6 Å². The van der Waals surface area contributed by atoms with Crippen LogP contribution in [0.2, 0.25) is 0 Å². The average Bonchev–Trinajstić information content (AvgIpc) is 3.40. The molecule has 0 heterocycles. The molecule has 0 radical (unpaired) electrons. The van der Waals surface area contributed by atoms with Crippen molar-refractivity contribution in [3.8, 4) is 22.3 Å². The minimum absolute atomic E-state index is 0.0692. The third-order valence-corrected chi connectivity index (χ3v) is 9.71. The molecular weight excluding hydrogens is 674 g/mol. The Kier molecular flexibility index (Phi) is 9.97. The van der Waals surface area contributed by atoms with Gasteiger partial charge in [0.25, 0.3) is 5.91 Å². The summed E-state index contributed by atoms with van der Waals surface area (Å²) < 4.78 is 84.3. The zero-order chi connectivity index (χ0) is 36.4. The van der Waals surface area contributed by atoms with E-state index in [9.17, 15) is 40.7 Å². The lowest BCUT2D eigenvalue weighted by molar-refractivity contribution is -0.151. The summed E-state index contributed by atoms with van der Waals surface area (Å²) in [7, 11) is 0. The highest BCUT2D eigenvalue weighted by atomic mass is 19.4. The molecule has 12 heteroatoms. The van der Waals surface area contributed by atoms with Gasteiger partial charge in [-0.3, -0.25) is 14.4 Å². The predicted molar refractivity (Wildman–Crippen MR) is 177 cm³/mol. The first-order chi connectivity index (χ1) is 24.3. The quantitative estimate of drug-likeness (QED) is 0.136. The summed E-state index contributed by atoms with van der Waals surface area (Å²) in [5.74, 6) is -2.18. The van der Waals surface area contributed by atoms with Gasteiger partial charge in [0.1, 0.15) is 12.0 Å². The van der Waals surface area contributed by atoms with E-state index in [-0.39, 0.29) is 25.0 Å². The van der Waals surface area contributed by atoms with Crippen molar-refractivity contribution in [2.45, 2.75) is 55.9 Å². The normalized spacial score (nSPS) is 17.9. The van der Waals surface area contributed by atoms with Gasteiger partial charge in [0.15, 0.2) is 0 Å². The number of alkyl halides is 6. The number of carbonyl (C=O) groups excluding carboxylic acids is 3. The SMILES string of the molecule is O=C(NC1CCC(C(=O)OCCC2(C(=O)NCC(F)(F)F)c3ccccc3-c3ccccc32)CC1)c1ccccc1-c1ccc(C(F)(F)F)cc1. The topological polar surface area (TPSA) is 84.5 Å². The van der Waals surface area contributed by atoms with Crippen LogP contribution in [0.25, 0.3) is 22.3 Å². The smallest absolute Gasteiger partial charge is 0.416 e. The van der Waals surface area contributed by atoms with Crippen molar-refractivity contribution in [3.63, 3.8) is 0 Å². The molecule has 4 aromatic rings. The number of fused-ring (bicyclic) bond motifs is 3. The van der Waals surface area contributed by atoms with Gasteiger partial charge in [-0.1, -0.05) is 78.9 Å². The molecule has 0 unspecified atom stereocenters. The molecule has 2 amide bonds. The molecule has 1 saturated carbocycles. The molecule has 0 aliphatic heterocycles. The second-order valence-electron chi connectivity index (χ2n) is 12.9. The Hall–Kier alpha value is -5.13. The first-order valence-electron chi connectivity index (χ1n) is 16.6. The van der Waals surface area contributed by atoms with Gasteiger partial charge in [0.2, 0.25) is 5.91 Å². The van der Waals surface area contributed by atoms with Crippen molar-refractivity contribution in [1.29, 1.82) is 0 Å². The molecule has 0 spiro atoms. The Labute approximate surface area is 290 Å². The standard InChI is InChI=1S/C39H34F6N2O4/c40-38(41,42)23-46-36(50)37(32-11-5-3-8-29(32)30-9-4-6-12-33(30)37)21-22-51-35(49)25-15-19-27(20-16-25)47-34(48)31-10-2-1-7-28(31)24-13-17-26(18-14-24)39(43,44)45/h1-14,17-18,25,27H,15-16,19-23H2,(H,46,50)(H,47,48). The zero-order valence-corrected chi connectivity index (χ0v) is 27.2.